The number of hydrogen-bond acceptors (Lipinski definition) is 6. The zero-order valence-corrected chi connectivity index (χ0v) is 9.21. The Balaban J connectivity index is 1.80. The number of nitrogens with zero attached hydrogens (tertiary/aromatic N) is 4. The van der Waals surface area contributed by atoms with Crippen LogP contribution in [0.25, 0.3) is 0 Å². The molecule has 0 aliphatic rings. The summed E-state index contributed by atoms with van der Waals surface area (Å²) in [4.78, 5) is 19.2. The molecule has 0 saturated heterocycles. The lowest BCUT2D eigenvalue weighted by Gasteiger charge is -1.98. The summed E-state index contributed by atoms with van der Waals surface area (Å²) in [5, 5.41) is 15.8. The average molecular weight is 239 g/mol. The third kappa shape index (κ3) is 2.79. The molecule has 0 radical (unpaired) electrons. The van der Waals surface area contributed by atoms with Crippen LogP contribution in [0.4, 0.5) is 5.95 Å². The Kier molecular flexibility index (Phi) is 3.15. The number of thioether (sulfide) groups is 1. The lowest BCUT2D eigenvalue weighted by Crippen LogP contribution is -2.15. The summed E-state index contributed by atoms with van der Waals surface area (Å²) in [6.45, 7) is 1.80. The van der Waals surface area contributed by atoms with E-state index < -0.39 is 0 Å². The first-order valence-corrected chi connectivity index (χ1v) is 5.39. The fourth-order valence-electron chi connectivity index (χ4n) is 0.951. The second kappa shape index (κ2) is 4.75. The number of aromatic amines is 2. The minimum absolute atomic E-state index is 0.191. The van der Waals surface area contributed by atoms with Crippen molar-refractivity contribution < 1.29 is 4.79 Å². The SMILES string of the molecule is Cc1nc(SCC(=O)Nc2ncn[nH]2)n[nH]1. The minimum atomic E-state index is -0.191. The van der Waals surface area contributed by atoms with E-state index in [0.717, 1.165) is 5.82 Å². The second-order valence-electron chi connectivity index (χ2n) is 2.87. The van der Waals surface area contributed by atoms with E-state index in [4.69, 9.17) is 0 Å². The van der Waals surface area contributed by atoms with Crippen molar-refractivity contribution in [2.24, 2.45) is 0 Å². The molecule has 2 aromatic rings. The topological polar surface area (TPSA) is 112 Å². The Morgan fingerprint density at radius 1 is 1.56 bits per heavy atom. The summed E-state index contributed by atoms with van der Waals surface area (Å²) < 4.78 is 0. The smallest absolute Gasteiger partial charge is 0.237 e. The fourth-order valence-corrected chi connectivity index (χ4v) is 1.59. The van der Waals surface area contributed by atoms with Gasteiger partial charge in [-0.2, -0.15) is 10.1 Å². The number of H-pyrrole nitrogens is 2. The lowest BCUT2D eigenvalue weighted by molar-refractivity contribution is -0.113. The van der Waals surface area contributed by atoms with Crippen molar-refractivity contribution in [1.82, 2.24) is 30.4 Å². The molecule has 2 aromatic heterocycles. The highest BCUT2D eigenvalue weighted by Gasteiger charge is 2.07. The van der Waals surface area contributed by atoms with Gasteiger partial charge in [0, 0.05) is 0 Å². The summed E-state index contributed by atoms with van der Waals surface area (Å²) in [5.41, 5.74) is 0. The molecule has 0 fully saturated rings. The third-order valence-corrected chi connectivity index (χ3v) is 2.43. The summed E-state index contributed by atoms with van der Waals surface area (Å²) in [6.07, 6.45) is 1.32. The number of nitrogens with one attached hydrogen (secondary N) is 3. The molecular weight excluding hydrogens is 230 g/mol. The molecule has 0 bridgehead atoms. The van der Waals surface area contributed by atoms with Gasteiger partial charge in [0.05, 0.1) is 5.75 Å². The number of hydrogen-bond donors (Lipinski definition) is 3. The van der Waals surface area contributed by atoms with Crippen molar-refractivity contribution >= 4 is 23.6 Å². The molecule has 16 heavy (non-hydrogen) atoms. The predicted octanol–water partition coefficient (Wildman–Crippen LogP) is -0.0380. The first-order chi connectivity index (χ1) is 7.74. The number of anilines is 1. The zero-order chi connectivity index (χ0) is 11.4. The number of carbonyl (C=O) groups is 1. The molecule has 8 nitrogen and oxygen atoms in total. The van der Waals surface area contributed by atoms with Crippen molar-refractivity contribution in [3.05, 3.63) is 12.2 Å². The van der Waals surface area contributed by atoms with Gasteiger partial charge >= 0.3 is 0 Å². The van der Waals surface area contributed by atoms with Crippen molar-refractivity contribution in [2.45, 2.75) is 12.1 Å². The highest BCUT2D eigenvalue weighted by atomic mass is 32.2. The number of aromatic nitrogens is 6. The van der Waals surface area contributed by atoms with Gasteiger partial charge in [0.1, 0.15) is 12.2 Å². The molecule has 0 aliphatic heterocycles. The molecule has 0 saturated carbocycles. The Labute approximate surface area is 94.7 Å². The Hall–Kier alpha value is -1.90. The van der Waals surface area contributed by atoms with Crippen molar-refractivity contribution in [3.63, 3.8) is 0 Å². The van der Waals surface area contributed by atoms with Gasteiger partial charge in [0.2, 0.25) is 17.0 Å². The molecule has 9 heteroatoms. The van der Waals surface area contributed by atoms with Crippen LogP contribution in [-0.2, 0) is 4.79 Å². The summed E-state index contributed by atoms with van der Waals surface area (Å²) in [5.74, 6) is 1.08. The number of rotatable bonds is 4. The standard InChI is InChI=1S/C7H9N7OS/c1-4-10-7(14-12-4)16-2-5(15)11-6-8-3-9-13-6/h3H,2H2,1H3,(H,10,12,14)(H2,8,9,11,13,15). The van der Waals surface area contributed by atoms with Gasteiger partial charge in [-0.15, -0.1) is 5.10 Å². The van der Waals surface area contributed by atoms with E-state index in [1.54, 1.807) is 6.92 Å². The van der Waals surface area contributed by atoms with Crippen LogP contribution < -0.4 is 5.32 Å². The van der Waals surface area contributed by atoms with Gasteiger partial charge in [-0.05, 0) is 6.92 Å². The molecule has 0 unspecified atom stereocenters. The lowest BCUT2D eigenvalue weighted by atomic mass is 10.7. The van der Waals surface area contributed by atoms with Crippen LogP contribution in [0.15, 0.2) is 11.5 Å². The molecule has 2 heterocycles. The van der Waals surface area contributed by atoms with Gasteiger partial charge < -0.3 is 0 Å². The molecule has 0 atom stereocenters. The molecule has 0 spiro atoms. The maximum atomic E-state index is 11.4. The van der Waals surface area contributed by atoms with Crippen LogP contribution in [-0.4, -0.2) is 42.0 Å². The van der Waals surface area contributed by atoms with Gasteiger partial charge in [-0.25, -0.2) is 10.1 Å². The van der Waals surface area contributed by atoms with Gasteiger partial charge in [-0.3, -0.25) is 15.2 Å². The number of aryl methyl sites for hydroxylation is 1. The molecular formula is C7H9N7OS. The van der Waals surface area contributed by atoms with Crippen LogP contribution in [0.1, 0.15) is 5.82 Å². The fraction of sp³-hybridized carbons (Fsp3) is 0.286. The van der Waals surface area contributed by atoms with Crippen molar-refractivity contribution in [2.75, 3.05) is 11.1 Å². The van der Waals surface area contributed by atoms with Crippen LogP contribution in [0.2, 0.25) is 0 Å². The molecule has 2 rings (SSSR count). The van der Waals surface area contributed by atoms with Crippen LogP contribution in [0.5, 0.6) is 0 Å². The first kappa shape index (κ1) is 10.6. The summed E-state index contributed by atoms with van der Waals surface area (Å²) in [7, 11) is 0. The minimum Gasteiger partial charge on any atom is -0.294 e. The molecule has 84 valence electrons. The van der Waals surface area contributed by atoms with Crippen LogP contribution in [0, 0.1) is 6.92 Å². The first-order valence-electron chi connectivity index (χ1n) is 4.41. The van der Waals surface area contributed by atoms with Crippen molar-refractivity contribution in [1.29, 1.82) is 0 Å². The normalized spacial score (nSPS) is 10.3. The predicted molar refractivity (Wildman–Crippen MR) is 56.9 cm³/mol. The Morgan fingerprint density at radius 3 is 3.06 bits per heavy atom. The van der Waals surface area contributed by atoms with E-state index in [-0.39, 0.29) is 11.7 Å². The quantitative estimate of drug-likeness (QED) is 0.645. The van der Waals surface area contributed by atoms with E-state index in [1.807, 2.05) is 0 Å². The zero-order valence-electron chi connectivity index (χ0n) is 8.39. The number of carbonyl (C=O) groups excluding carboxylic acids is 1. The summed E-state index contributed by atoms with van der Waals surface area (Å²) in [6, 6.07) is 0. The van der Waals surface area contributed by atoms with Gasteiger partial charge in [0.15, 0.2) is 0 Å². The number of amides is 1. The highest BCUT2D eigenvalue weighted by molar-refractivity contribution is 7.99. The average Bonchev–Trinajstić information content (AvgIpc) is 2.87. The van der Waals surface area contributed by atoms with Gasteiger partial charge in [-0.1, -0.05) is 11.8 Å². The van der Waals surface area contributed by atoms with E-state index >= 15 is 0 Å². The molecule has 0 aromatic carbocycles. The highest BCUT2D eigenvalue weighted by Crippen LogP contribution is 2.11. The van der Waals surface area contributed by atoms with Gasteiger partial charge in [0.25, 0.3) is 0 Å². The molecule has 3 N–H and O–H groups in total. The third-order valence-electron chi connectivity index (χ3n) is 1.58. The van der Waals surface area contributed by atoms with Crippen LogP contribution >= 0.6 is 11.8 Å². The summed E-state index contributed by atoms with van der Waals surface area (Å²) >= 11 is 1.24. The molecule has 0 aliphatic carbocycles. The molecule has 1 amide bonds. The second-order valence-corrected chi connectivity index (χ2v) is 3.82. The van der Waals surface area contributed by atoms with E-state index in [9.17, 15) is 4.79 Å². The van der Waals surface area contributed by atoms with Crippen molar-refractivity contribution in [3.8, 4) is 0 Å². The Bertz CT molecular complexity index is 465. The maximum absolute atomic E-state index is 11.4. The van der Waals surface area contributed by atoms with E-state index in [1.165, 1.54) is 18.1 Å². The monoisotopic (exact) mass is 239 g/mol. The van der Waals surface area contributed by atoms with E-state index in [0.29, 0.717) is 11.1 Å². The largest absolute Gasteiger partial charge is 0.294 e. The maximum Gasteiger partial charge on any atom is 0.237 e. The Morgan fingerprint density at radius 2 is 2.44 bits per heavy atom. The van der Waals surface area contributed by atoms with Crippen LogP contribution in [0.3, 0.4) is 0 Å². The van der Waals surface area contributed by atoms with E-state index in [2.05, 4.69) is 35.7 Å².